The van der Waals surface area contributed by atoms with Crippen LogP contribution in [0.3, 0.4) is 0 Å². The molecular weight excluding hydrogens is 432 g/mol. The lowest BCUT2D eigenvalue weighted by atomic mass is 9.88. The van der Waals surface area contributed by atoms with E-state index >= 15 is 0 Å². The zero-order chi connectivity index (χ0) is 19.6. The van der Waals surface area contributed by atoms with Crippen LogP contribution in [-0.2, 0) is 19.6 Å². The summed E-state index contributed by atoms with van der Waals surface area (Å²) in [5.74, 6) is -1.47. The number of methoxy groups -OCH3 is 1. The van der Waals surface area contributed by atoms with E-state index in [1.165, 1.54) is 23.5 Å². The molecule has 2 aromatic rings. The molecule has 0 amide bonds. The topological polar surface area (TPSA) is 87.5 Å². The second-order valence-electron chi connectivity index (χ2n) is 6.25. The number of benzene rings is 2. The molecule has 1 saturated heterocycles. The third-order valence-electron chi connectivity index (χ3n) is 4.69. The minimum Gasteiger partial charge on any atom is -0.469 e. The van der Waals surface area contributed by atoms with Gasteiger partial charge >= 0.3 is 5.97 Å². The molecule has 27 heavy (non-hydrogen) atoms. The highest BCUT2D eigenvalue weighted by molar-refractivity contribution is 9.10. The molecule has 1 fully saturated rings. The van der Waals surface area contributed by atoms with Crippen molar-refractivity contribution < 1.29 is 17.9 Å². The lowest BCUT2D eigenvalue weighted by Crippen LogP contribution is -2.30. The maximum absolute atomic E-state index is 13.0. The second-order valence-corrected chi connectivity index (χ2v) is 9.10. The Balaban J connectivity index is 1.97. The summed E-state index contributed by atoms with van der Waals surface area (Å²) in [5.41, 5.74) is 1.21. The molecule has 2 aromatic carbocycles. The maximum atomic E-state index is 13.0. The quantitative estimate of drug-likeness (QED) is 0.670. The summed E-state index contributed by atoms with van der Waals surface area (Å²) in [6.45, 7) is 0.180. The van der Waals surface area contributed by atoms with Gasteiger partial charge in [0.25, 0.3) is 0 Å². The van der Waals surface area contributed by atoms with E-state index in [9.17, 15) is 13.2 Å². The van der Waals surface area contributed by atoms with Crippen LogP contribution in [-0.4, -0.2) is 38.9 Å². The van der Waals surface area contributed by atoms with Crippen molar-refractivity contribution >= 4 is 31.9 Å². The first kappa shape index (κ1) is 19.5. The van der Waals surface area contributed by atoms with Crippen molar-refractivity contribution in [2.45, 2.75) is 10.8 Å². The number of carbonyl (C=O) groups excluding carboxylic acids is 1. The van der Waals surface area contributed by atoms with Crippen molar-refractivity contribution in [2.24, 2.45) is 5.92 Å². The van der Waals surface area contributed by atoms with E-state index in [1.54, 1.807) is 36.4 Å². The minimum absolute atomic E-state index is 0.0342. The molecule has 1 aliphatic rings. The van der Waals surface area contributed by atoms with Crippen molar-refractivity contribution in [3.63, 3.8) is 0 Å². The molecule has 0 N–H and O–H groups in total. The number of nitrogens with zero attached hydrogens (tertiary/aromatic N) is 2. The molecule has 0 bridgehead atoms. The Hall–Kier alpha value is -2.21. The van der Waals surface area contributed by atoms with Gasteiger partial charge in [-0.3, -0.25) is 4.79 Å². The van der Waals surface area contributed by atoms with Crippen molar-refractivity contribution in [3.8, 4) is 6.07 Å². The van der Waals surface area contributed by atoms with E-state index in [4.69, 9.17) is 10.00 Å². The number of sulfonamides is 1. The average Bonchev–Trinajstić information content (AvgIpc) is 3.14. The SMILES string of the molecule is COC(=O)C1CN(S(=O)(=O)c2ccc(Br)cc2)CC1c1cccc(C#N)c1. The van der Waals surface area contributed by atoms with Crippen LogP contribution in [0.1, 0.15) is 17.0 Å². The van der Waals surface area contributed by atoms with Crippen LogP contribution in [0.4, 0.5) is 0 Å². The van der Waals surface area contributed by atoms with Crippen LogP contribution in [0.5, 0.6) is 0 Å². The fraction of sp³-hybridized carbons (Fsp3) is 0.263. The molecule has 0 aliphatic carbocycles. The highest BCUT2D eigenvalue weighted by Crippen LogP contribution is 2.36. The molecule has 0 aromatic heterocycles. The third kappa shape index (κ3) is 3.90. The molecule has 2 unspecified atom stereocenters. The van der Waals surface area contributed by atoms with Crippen LogP contribution < -0.4 is 0 Å². The Morgan fingerprint density at radius 2 is 1.93 bits per heavy atom. The number of hydrogen-bond donors (Lipinski definition) is 0. The van der Waals surface area contributed by atoms with Crippen LogP contribution in [0.2, 0.25) is 0 Å². The van der Waals surface area contributed by atoms with Crippen molar-refractivity contribution in [1.82, 2.24) is 4.31 Å². The average molecular weight is 449 g/mol. The van der Waals surface area contributed by atoms with Gasteiger partial charge in [-0.1, -0.05) is 28.1 Å². The van der Waals surface area contributed by atoms with Gasteiger partial charge < -0.3 is 4.74 Å². The largest absolute Gasteiger partial charge is 0.469 e. The fourth-order valence-corrected chi connectivity index (χ4v) is 5.04. The van der Waals surface area contributed by atoms with E-state index < -0.39 is 21.9 Å². The van der Waals surface area contributed by atoms with E-state index in [0.717, 1.165) is 10.0 Å². The number of ether oxygens (including phenoxy) is 1. The summed E-state index contributed by atoms with van der Waals surface area (Å²) in [6, 6.07) is 15.3. The van der Waals surface area contributed by atoms with Crippen LogP contribution in [0.25, 0.3) is 0 Å². The Morgan fingerprint density at radius 3 is 2.56 bits per heavy atom. The molecule has 1 heterocycles. The normalized spacial score (nSPS) is 20.2. The van der Waals surface area contributed by atoms with E-state index in [2.05, 4.69) is 22.0 Å². The van der Waals surface area contributed by atoms with Gasteiger partial charge in [0, 0.05) is 23.5 Å². The number of nitriles is 1. The molecule has 2 atom stereocenters. The van der Waals surface area contributed by atoms with Gasteiger partial charge in [0.1, 0.15) is 0 Å². The maximum Gasteiger partial charge on any atom is 0.310 e. The Morgan fingerprint density at radius 1 is 1.22 bits per heavy atom. The molecule has 1 aliphatic heterocycles. The first-order valence-corrected chi connectivity index (χ1v) is 10.4. The van der Waals surface area contributed by atoms with Crippen molar-refractivity contribution in [1.29, 1.82) is 5.26 Å². The molecule has 3 rings (SSSR count). The highest BCUT2D eigenvalue weighted by Gasteiger charge is 2.44. The molecule has 0 saturated carbocycles. The number of esters is 1. The third-order valence-corrected chi connectivity index (χ3v) is 7.06. The predicted octanol–water partition coefficient (Wildman–Crippen LogP) is 2.90. The summed E-state index contributed by atoms with van der Waals surface area (Å²) in [6.07, 6.45) is 0. The predicted molar refractivity (Wildman–Crippen MR) is 102 cm³/mol. The van der Waals surface area contributed by atoms with Gasteiger partial charge in [-0.15, -0.1) is 0 Å². The monoisotopic (exact) mass is 448 g/mol. The molecule has 0 radical (unpaired) electrons. The molecule has 6 nitrogen and oxygen atoms in total. The lowest BCUT2D eigenvalue weighted by Gasteiger charge is -2.17. The molecule has 140 valence electrons. The second kappa shape index (κ2) is 7.80. The zero-order valence-electron chi connectivity index (χ0n) is 14.5. The summed E-state index contributed by atoms with van der Waals surface area (Å²) >= 11 is 3.29. The van der Waals surface area contributed by atoms with E-state index in [1.807, 2.05) is 0 Å². The Kier molecular flexibility index (Phi) is 5.65. The summed E-state index contributed by atoms with van der Waals surface area (Å²) in [7, 11) is -2.46. The summed E-state index contributed by atoms with van der Waals surface area (Å²) < 4.78 is 33.0. The van der Waals surface area contributed by atoms with Crippen LogP contribution in [0, 0.1) is 17.2 Å². The van der Waals surface area contributed by atoms with Crippen LogP contribution >= 0.6 is 15.9 Å². The molecular formula is C19H17BrN2O4S. The smallest absolute Gasteiger partial charge is 0.310 e. The molecule has 8 heteroatoms. The number of rotatable bonds is 4. The first-order chi connectivity index (χ1) is 12.9. The lowest BCUT2D eigenvalue weighted by molar-refractivity contribution is -0.145. The van der Waals surface area contributed by atoms with Gasteiger partial charge in [0.2, 0.25) is 10.0 Å². The Labute approximate surface area is 166 Å². The number of halogens is 1. The van der Waals surface area contributed by atoms with Gasteiger partial charge in [-0.25, -0.2) is 8.42 Å². The van der Waals surface area contributed by atoms with Gasteiger partial charge in [-0.05, 0) is 42.0 Å². The van der Waals surface area contributed by atoms with Crippen molar-refractivity contribution in [3.05, 3.63) is 64.1 Å². The van der Waals surface area contributed by atoms with Crippen molar-refractivity contribution in [2.75, 3.05) is 20.2 Å². The minimum atomic E-state index is -3.75. The van der Waals surface area contributed by atoms with Gasteiger partial charge in [0.05, 0.1) is 29.6 Å². The summed E-state index contributed by atoms with van der Waals surface area (Å²) in [4.78, 5) is 12.5. The fourth-order valence-electron chi connectivity index (χ4n) is 3.29. The van der Waals surface area contributed by atoms with Gasteiger partial charge in [-0.2, -0.15) is 9.57 Å². The van der Waals surface area contributed by atoms with Gasteiger partial charge in [0.15, 0.2) is 0 Å². The standard InChI is InChI=1S/C19H17BrN2O4S/c1-26-19(23)18-12-22(27(24,25)16-7-5-15(20)6-8-16)11-17(18)14-4-2-3-13(9-14)10-21/h2-9,17-18H,11-12H2,1H3. The summed E-state index contributed by atoms with van der Waals surface area (Å²) in [5, 5.41) is 9.13. The van der Waals surface area contributed by atoms with E-state index in [-0.39, 0.29) is 23.9 Å². The first-order valence-electron chi connectivity index (χ1n) is 8.20. The number of hydrogen-bond acceptors (Lipinski definition) is 5. The highest BCUT2D eigenvalue weighted by atomic mass is 79.9. The molecule has 0 spiro atoms. The Bertz CT molecular complexity index is 999. The van der Waals surface area contributed by atoms with Crippen LogP contribution in [0.15, 0.2) is 57.9 Å². The number of carbonyl (C=O) groups is 1. The van der Waals surface area contributed by atoms with E-state index in [0.29, 0.717) is 5.56 Å². The zero-order valence-corrected chi connectivity index (χ0v) is 16.9.